The number of thioether (sulfide) groups is 1. The fraction of sp³-hybridized carbons (Fsp3) is 0.286. The fourth-order valence-corrected chi connectivity index (χ4v) is 2.52. The number of methoxy groups -OCH3 is 1. The lowest BCUT2D eigenvalue weighted by Crippen LogP contribution is -2.24. The van der Waals surface area contributed by atoms with Crippen molar-refractivity contribution in [2.45, 2.75) is 18.3 Å². The van der Waals surface area contributed by atoms with Gasteiger partial charge in [-0.15, -0.1) is 0 Å². The van der Waals surface area contributed by atoms with Gasteiger partial charge in [0.25, 0.3) is 0 Å². The molecule has 0 saturated carbocycles. The Hall–Kier alpha value is -1.99. The van der Waals surface area contributed by atoms with Gasteiger partial charge < -0.3 is 24.3 Å². The number of ether oxygens (including phenoxy) is 1. The molecule has 1 aromatic carbocycles. The summed E-state index contributed by atoms with van der Waals surface area (Å²) in [4.78, 5) is 14.7. The minimum atomic E-state index is -1.15. The highest BCUT2D eigenvalue weighted by Crippen LogP contribution is 2.20. The van der Waals surface area contributed by atoms with Crippen molar-refractivity contribution in [3.63, 3.8) is 0 Å². The first-order valence-corrected chi connectivity index (χ1v) is 7.23. The number of carboxylic acid groups (broad SMARTS) is 1. The highest BCUT2D eigenvalue weighted by molar-refractivity contribution is 7.99. The van der Waals surface area contributed by atoms with Crippen LogP contribution in [0.3, 0.4) is 0 Å². The summed E-state index contributed by atoms with van der Waals surface area (Å²) in [7, 11) is 1.60. The highest BCUT2D eigenvalue weighted by atomic mass is 32.2. The van der Waals surface area contributed by atoms with Gasteiger partial charge >= 0.3 is 0 Å². The Kier molecular flexibility index (Phi) is 5.24. The summed E-state index contributed by atoms with van der Waals surface area (Å²) in [6.07, 6.45) is 1.71. The molecule has 0 amide bonds. The molecule has 0 aliphatic carbocycles. The van der Waals surface area contributed by atoms with Crippen molar-refractivity contribution in [2.24, 2.45) is 0 Å². The molecule has 0 atom stereocenters. The van der Waals surface area contributed by atoms with Gasteiger partial charge in [-0.1, -0.05) is 23.9 Å². The number of carbonyl (C=O) groups is 1. The van der Waals surface area contributed by atoms with Crippen LogP contribution in [0.15, 0.2) is 35.6 Å². The number of nitrogens with zero attached hydrogens (tertiary/aromatic N) is 2. The van der Waals surface area contributed by atoms with Crippen LogP contribution in [-0.4, -0.2) is 33.5 Å². The molecule has 0 radical (unpaired) electrons. The maximum atomic E-state index is 10.6. The van der Waals surface area contributed by atoms with Crippen molar-refractivity contribution in [3.8, 4) is 5.75 Å². The summed E-state index contributed by atoms with van der Waals surface area (Å²) in [6.45, 7) is 0.348. The van der Waals surface area contributed by atoms with Crippen molar-refractivity contribution in [3.05, 3.63) is 41.7 Å². The Morgan fingerprint density at radius 3 is 2.71 bits per heavy atom. The van der Waals surface area contributed by atoms with Crippen LogP contribution in [0.2, 0.25) is 0 Å². The van der Waals surface area contributed by atoms with Gasteiger partial charge in [0.05, 0.1) is 25.4 Å². The first-order valence-electron chi connectivity index (χ1n) is 6.25. The predicted octanol–water partition coefficient (Wildman–Crippen LogP) is 0.274. The normalized spacial score (nSPS) is 10.6. The third-order valence-electron chi connectivity index (χ3n) is 2.78. The number of imidazole rings is 1. The molecule has 0 saturated heterocycles. The summed E-state index contributed by atoms with van der Waals surface area (Å²) in [6, 6.07) is 7.55. The van der Waals surface area contributed by atoms with Gasteiger partial charge in [0.1, 0.15) is 5.75 Å². The summed E-state index contributed by atoms with van der Waals surface area (Å²) in [5, 5.41) is 20.3. The Balaban J connectivity index is 2.16. The van der Waals surface area contributed by atoms with Gasteiger partial charge in [-0.05, 0) is 17.7 Å². The van der Waals surface area contributed by atoms with E-state index in [0.717, 1.165) is 23.1 Å². The van der Waals surface area contributed by atoms with Crippen molar-refractivity contribution in [2.75, 3.05) is 12.9 Å². The van der Waals surface area contributed by atoms with Crippen molar-refractivity contribution in [1.29, 1.82) is 0 Å². The maximum Gasteiger partial charge on any atom is 0.168 e. The van der Waals surface area contributed by atoms with Gasteiger partial charge in [-0.25, -0.2) is 4.98 Å². The van der Waals surface area contributed by atoms with Gasteiger partial charge in [-0.3, -0.25) is 0 Å². The molecule has 0 aliphatic rings. The second kappa shape index (κ2) is 7.14. The number of aliphatic hydroxyl groups is 1. The SMILES string of the molecule is COc1ccc(Cn2cc(CO)nc2SCC(=O)[O-])cc1. The third kappa shape index (κ3) is 4.24. The van der Waals surface area contributed by atoms with Crippen molar-refractivity contribution < 1.29 is 19.7 Å². The quantitative estimate of drug-likeness (QED) is 0.739. The van der Waals surface area contributed by atoms with E-state index in [2.05, 4.69) is 4.98 Å². The van der Waals surface area contributed by atoms with Crippen LogP contribution in [0.1, 0.15) is 11.3 Å². The van der Waals surface area contributed by atoms with Gasteiger partial charge in [0.2, 0.25) is 0 Å². The van der Waals surface area contributed by atoms with E-state index < -0.39 is 5.97 Å². The van der Waals surface area contributed by atoms with Crippen LogP contribution >= 0.6 is 11.8 Å². The van der Waals surface area contributed by atoms with Crippen LogP contribution < -0.4 is 9.84 Å². The average Bonchev–Trinajstić information content (AvgIpc) is 2.88. The molecule has 2 aromatic rings. The van der Waals surface area contributed by atoms with E-state index in [1.54, 1.807) is 17.9 Å². The Morgan fingerprint density at radius 2 is 2.14 bits per heavy atom. The van der Waals surface area contributed by atoms with Gasteiger partial charge in [0.15, 0.2) is 5.16 Å². The Morgan fingerprint density at radius 1 is 1.43 bits per heavy atom. The predicted molar refractivity (Wildman–Crippen MR) is 76.0 cm³/mol. The van der Waals surface area contributed by atoms with Gasteiger partial charge in [-0.2, -0.15) is 0 Å². The number of aliphatic carboxylic acids is 1. The van der Waals surface area contributed by atoms with E-state index >= 15 is 0 Å². The zero-order valence-corrected chi connectivity index (χ0v) is 12.3. The first-order chi connectivity index (χ1) is 10.1. The molecule has 112 valence electrons. The lowest BCUT2D eigenvalue weighted by molar-refractivity contribution is -0.301. The number of hydrogen-bond acceptors (Lipinski definition) is 6. The number of rotatable bonds is 7. The largest absolute Gasteiger partial charge is 0.549 e. The molecule has 0 unspecified atom stereocenters. The van der Waals surface area contributed by atoms with Gasteiger partial charge in [0, 0.05) is 18.5 Å². The number of aliphatic hydroxyl groups excluding tert-OH is 1. The first kappa shape index (κ1) is 15.4. The summed E-state index contributed by atoms with van der Waals surface area (Å²) >= 11 is 1.07. The zero-order chi connectivity index (χ0) is 15.2. The number of hydrogen-bond donors (Lipinski definition) is 1. The molecule has 1 aromatic heterocycles. The van der Waals surface area contributed by atoms with E-state index in [4.69, 9.17) is 9.84 Å². The van der Waals surface area contributed by atoms with Crippen LogP contribution in [0.5, 0.6) is 5.75 Å². The summed E-state index contributed by atoms with van der Waals surface area (Å²) in [5.74, 6) is -0.554. The number of benzene rings is 1. The molecular weight excluding hydrogens is 292 g/mol. The maximum absolute atomic E-state index is 10.6. The van der Waals surface area contributed by atoms with E-state index in [9.17, 15) is 9.90 Å². The topological polar surface area (TPSA) is 87.4 Å². The number of carbonyl (C=O) groups excluding carboxylic acids is 1. The van der Waals surface area contributed by atoms with Crippen LogP contribution in [0.25, 0.3) is 0 Å². The summed E-state index contributed by atoms with van der Waals surface area (Å²) < 4.78 is 6.91. The Bertz CT molecular complexity index is 610. The second-order valence-corrected chi connectivity index (χ2v) is 5.25. The lowest BCUT2D eigenvalue weighted by atomic mass is 10.2. The number of carboxylic acids is 1. The summed E-state index contributed by atoms with van der Waals surface area (Å²) in [5.41, 5.74) is 1.53. The molecule has 7 heteroatoms. The molecular formula is C14H15N2O4S-. The van der Waals surface area contributed by atoms with Crippen LogP contribution in [-0.2, 0) is 17.9 Å². The molecule has 0 bridgehead atoms. The molecule has 0 spiro atoms. The molecule has 1 N–H and O–H groups in total. The second-order valence-electron chi connectivity index (χ2n) is 4.31. The minimum Gasteiger partial charge on any atom is -0.549 e. The highest BCUT2D eigenvalue weighted by Gasteiger charge is 2.09. The van der Waals surface area contributed by atoms with Crippen LogP contribution in [0.4, 0.5) is 0 Å². The van der Waals surface area contributed by atoms with E-state index in [-0.39, 0.29) is 12.4 Å². The van der Waals surface area contributed by atoms with Crippen LogP contribution in [0, 0.1) is 0 Å². The van der Waals surface area contributed by atoms with E-state index in [0.29, 0.717) is 17.4 Å². The molecule has 6 nitrogen and oxygen atoms in total. The molecule has 0 fully saturated rings. The molecule has 1 heterocycles. The number of aromatic nitrogens is 2. The fourth-order valence-electron chi connectivity index (χ4n) is 1.81. The monoisotopic (exact) mass is 307 g/mol. The van der Waals surface area contributed by atoms with E-state index in [1.165, 1.54) is 0 Å². The average molecular weight is 307 g/mol. The minimum absolute atomic E-state index is 0.176. The molecule has 0 aliphatic heterocycles. The molecule has 2 rings (SSSR count). The Labute approximate surface area is 126 Å². The van der Waals surface area contributed by atoms with Crippen molar-refractivity contribution in [1.82, 2.24) is 9.55 Å². The molecule has 21 heavy (non-hydrogen) atoms. The lowest BCUT2D eigenvalue weighted by Gasteiger charge is -2.08. The smallest absolute Gasteiger partial charge is 0.168 e. The standard InChI is InChI=1S/C14H16N2O4S/c1-20-12-4-2-10(3-5-12)6-16-7-11(8-17)15-14(16)21-9-13(18)19/h2-5,7,17H,6,8-9H2,1H3,(H,18,19)/p-1. The van der Waals surface area contributed by atoms with E-state index in [1.807, 2.05) is 24.3 Å². The van der Waals surface area contributed by atoms with Crippen molar-refractivity contribution >= 4 is 17.7 Å². The zero-order valence-electron chi connectivity index (χ0n) is 11.5. The third-order valence-corrected chi connectivity index (χ3v) is 3.75.